The van der Waals surface area contributed by atoms with Gasteiger partial charge in [-0.15, -0.1) is 0 Å². The highest BCUT2D eigenvalue weighted by molar-refractivity contribution is 5.97. The summed E-state index contributed by atoms with van der Waals surface area (Å²) in [5.74, 6) is -1.12. The molecule has 0 amide bonds. The molecule has 0 aromatic heterocycles. The molecular weight excluding hydrogens is 348 g/mol. The Kier molecular flexibility index (Phi) is 7.27. The first kappa shape index (κ1) is 21.3. The van der Waals surface area contributed by atoms with Crippen LogP contribution in [0, 0.1) is 5.92 Å². The fraction of sp³-hybridized carbons (Fsp3) is 0.571. The minimum absolute atomic E-state index is 0.0122. The van der Waals surface area contributed by atoms with Crippen LogP contribution in [-0.4, -0.2) is 47.6 Å². The number of aliphatic hydroxyl groups excluding tert-OH is 1. The van der Waals surface area contributed by atoms with Crippen LogP contribution in [0.3, 0.4) is 0 Å². The number of carbonyl (C=O) groups excluding carboxylic acids is 3. The number of aliphatic hydroxyl groups is 1. The molecule has 0 aromatic rings. The lowest BCUT2D eigenvalue weighted by Gasteiger charge is -2.19. The third-order valence-corrected chi connectivity index (χ3v) is 4.97. The SMILES string of the molecule is C=C(C)[C@@H]1CC=C2C(=O)O[C@H](C/C(C)=C\C(=O)[C@@H](OCC)CC(=O)C1)[C@H]2O. The van der Waals surface area contributed by atoms with E-state index in [1.807, 2.05) is 6.92 Å². The first-order valence-electron chi connectivity index (χ1n) is 9.31. The van der Waals surface area contributed by atoms with E-state index in [1.165, 1.54) is 6.08 Å². The second kappa shape index (κ2) is 9.24. The summed E-state index contributed by atoms with van der Waals surface area (Å²) in [5, 5.41) is 10.4. The van der Waals surface area contributed by atoms with E-state index in [-0.39, 0.29) is 42.3 Å². The van der Waals surface area contributed by atoms with Crippen LogP contribution >= 0.6 is 0 Å². The van der Waals surface area contributed by atoms with Crippen molar-refractivity contribution in [2.45, 2.75) is 64.8 Å². The van der Waals surface area contributed by atoms with Crippen molar-refractivity contribution in [1.82, 2.24) is 0 Å². The Bertz CT molecular complexity index is 687. The summed E-state index contributed by atoms with van der Waals surface area (Å²) in [7, 11) is 0. The molecule has 2 rings (SSSR count). The van der Waals surface area contributed by atoms with Gasteiger partial charge in [0.15, 0.2) is 5.78 Å². The molecule has 1 aliphatic carbocycles. The molecular formula is C21H28O6. The highest BCUT2D eigenvalue weighted by atomic mass is 16.6. The molecule has 1 fully saturated rings. The summed E-state index contributed by atoms with van der Waals surface area (Å²) in [6, 6.07) is 0. The third kappa shape index (κ3) is 5.47. The van der Waals surface area contributed by atoms with E-state index in [9.17, 15) is 19.5 Å². The molecule has 148 valence electrons. The molecule has 2 bridgehead atoms. The van der Waals surface area contributed by atoms with Gasteiger partial charge in [-0.25, -0.2) is 4.79 Å². The van der Waals surface area contributed by atoms with Crippen molar-refractivity contribution in [3.05, 3.63) is 35.5 Å². The van der Waals surface area contributed by atoms with E-state index in [0.29, 0.717) is 18.6 Å². The van der Waals surface area contributed by atoms with Gasteiger partial charge in [-0.1, -0.05) is 23.8 Å². The normalized spacial score (nSPS) is 32.2. The zero-order valence-corrected chi connectivity index (χ0v) is 16.2. The maximum atomic E-state index is 12.5. The number of Topliss-reactive ketones (excluding diaryl/α,β-unsaturated/α-hetero) is 1. The zero-order chi connectivity index (χ0) is 20.1. The van der Waals surface area contributed by atoms with Crippen LogP contribution in [-0.2, 0) is 23.9 Å². The predicted molar refractivity (Wildman–Crippen MR) is 99.9 cm³/mol. The number of rotatable bonds is 3. The van der Waals surface area contributed by atoms with Crippen molar-refractivity contribution < 1.29 is 29.0 Å². The molecule has 0 unspecified atom stereocenters. The van der Waals surface area contributed by atoms with Gasteiger partial charge in [0.25, 0.3) is 0 Å². The maximum Gasteiger partial charge on any atom is 0.336 e. The predicted octanol–water partition coefficient (Wildman–Crippen LogP) is 2.46. The number of ketones is 2. The van der Waals surface area contributed by atoms with Crippen LogP contribution in [0.2, 0.25) is 0 Å². The summed E-state index contributed by atoms with van der Waals surface area (Å²) in [4.78, 5) is 37.2. The summed E-state index contributed by atoms with van der Waals surface area (Å²) >= 11 is 0. The lowest BCUT2D eigenvalue weighted by molar-refractivity contribution is -0.139. The Hall–Kier alpha value is -2.05. The van der Waals surface area contributed by atoms with E-state index in [2.05, 4.69) is 6.58 Å². The third-order valence-electron chi connectivity index (χ3n) is 4.97. The molecule has 0 radical (unpaired) electrons. The van der Waals surface area contributed by atoms with Gasteiger partial charge in [-0.3, -0.25) is 9.59 Å². The number of fused-ring (bicyclic) bond motifs is 2. The molecule has 27 heavy (non-hydrogen) atoms. The Morgan fingerprint density at radius 3 is 2.63 bits per heavy atom. The first-order chi connectivity index (χ1) is 12.7. The highest BCUT2D eigenvalue weighted by Gasteiger charge is 2.38. The smallest absolute Gasteiger partial charge is 0.336 e. The quantitative estimate of drug-likeness (QED) is 0.601. The van der Waals surface area contributed by atoms with Gasteiger partial charge in [-0.05, 0) is 39.2 Å². The van der Waals surface area contributed by atoms with Crippen molar-refractivity contribution in [3.8, 4) is 0 Å². The summed E-state index contributed by atoms with van der Waals surface area (Å²) in [6.07, 6.45) is 1.32. The highest BCUT2D eigenvalue weighted by Crippen LogP contribution is 2.29. The minimum atomic E-state index is -1.05. The van der Waals surface area contributed by atoms with E-state index in [1.54, 1.807) is 19.9 Å². The van der Waals surface area contributed by atoms with Gasteiger partial charge in [0.05, 0.1) is 5.57 Å². The standard InChI is InChI=1S/C21H28O6/c1-5-26-18-11-15(22)10-14(12(2)3)6-7-16-20(24)19(27-21(16)25)9-13(4)8-17(18)23/h7-8,14,18-20,24H,2,5-6,9-11H2,1,3-4H3/b13-8-,16-7?/t14-,18+,19-,20+/m1/s1. The monoisotopic (exact) mass is 376 g/mol. The topological polar surface area (TPSA) is 89.9 Å². The zero-order valence-electron chi connectivity index (χ0n) is 16.2. The van der Waals surface area contributed by atoms with E-state index in [0.717, 1.165) is 5.57 Å². The molecule has 0 aromatic carbocycles. The molecule has 6 nitrogen and oxygen atoms in total. The second-order valence-electron chi connectivity index (χ2n) is 7.32. The van der Waals surface area contributed by atoms with E-state index in [4.69, 9.17) is 9.47 Å². The van der Waals surface area contributed by atoms with Gasteiger partial charge in [-0.2, -0.15) is 0 Å². The Labute approximate surface area is 159 Å². The van der Waals surface area contributed by atoms with Gasteiger partial charge >= 0.3 is 5.97 Å². The summed E-state index contributed by atoms with van der Waals surface area (Å²) in [6.45, 7) is 9.58. The number of ether oxygens (including phenoxy) is 2. The maximum absolute atomic E-state index is 12.5. The fourth-order valence-electron chi connectivity index (χ4n) is 3.40. The van der Waals surface area contributed by atoms with Crippen molar-refractivity contribution in [1.29, 1.82) is 0 Å². The van der Waals surface area contributed by atoms with Crippen LogP contribution in [0.4, 0.5) is 0 Å². The molecule has 6 heteroatoms. The van der Waals surface area contributed by atoms with E-state index >= 15 is 0 Å². The van der Waals surface area contributed by atoms with Crippen molar-refractivity contribution in [3.63, 3.8) is 0 Å². The number of carbonyl (C=O) groups is 3. The first-order valence-corrected chi connectivity index (χ1v) is 9.31. The largest absolute Gasteiger partial charge is 0.455 e. The summed E-state index contributed by atoms with van der Waals surface area (Å²) in [5.41, 5.74) is 1.67. The van der Waals surface area contributed by atoms with Crippen LogP contribution in [0.15, 0.2) is 35.5 Å². The molecule has 1 N–H and O–H groups in total. The summed E-state index contributed by atoms with van der Waals surface area (Å²) < 4.78 is 10.8. The van der Waals surface area contributed by atoms with Crippen LogP contribution in [0.1, 0.15) is 46.5 Å². The van der Waals surface area contributed by atoms with Crippen LogP contribution < -0.4 is 0 Å². The van der Waals surface area contributed by atoms with Gasteiger partial charge in [0.1, 0.15) is 24.1 Å². The van der Waals surface area contributed by atoms with Gasteiger partial charge in [0, 0.05) is 25.9 Å². The molecule has 0 spiro atoms. The van der Waals surface area contributed by atoms with Crippen molar-refractivity contribution in [2.75, 3.05) is 6.61 Å². The Morgan fingerprint density at radius 1 is 1.30 bits per heavy atom. The number of hydrogen-bond donors (Lipinski definition) is 1. The lowest BCUT2D eigenvalue weighted by atomic mass is 9.88. The van der Waals surface area contributed by atoms with Crippen LogP contribution in [0.5, 0.6) is 0 Å². The van der Waals surface area contributed by atoms with Crippen molar-refractivity contribution in [2.24, 2.45) is 5.92 Å². The van der Waals surface area contributed by atoms with E-state index < -0.39 is 24.3 Å². The molecule has 1 aliphatic heterocycles. The molecule has 1 saturated heterocycles. The van der Waals surface area contributed by atoms with Crippen molar-refractivity contribution >= 4 is 17.5 Å². The fourth-order valence-corrected chi connectivity index (χ4v) is 3.40. The molecule has 0 saturated carbocycles. The average molecular weight is 376 g/mol. The van der Waals surface area contributed by atoms with Crippen LogP contribution in [0.25, 0.3) is 0 Å². The van der Waals surface area contributed by atoms with Gasteiger partial charge in [0.2, 0.25) is 0 Å². The second-order valence-corrected chi connectivity index (χ2v) is 7.32. The minimum Gasteiger partial charge on any atom is -0.455 e. The number of esters is 1. The molecule has 2 aliphatic rings. The Morgan fingerprint density at radius 2 is 2.00 bits per heavy atom. The van der Waals surface area contributed by atoms with Gasteiger partial charge < -0.3 is 14.6 Å². The molecule has 1 heterocycles. The average Bonchev–Trinajstić information content (AvgIpc) is 2.83. The lowest BCUT2D eigenvalue weighted by Crippen LogP contribution is -2.28. The number of hydrogen-bond acceptors (Lipinski definition) is 6. The Balaban J connectivity index is 2.36. The molecule has 4 atom stereocenters. The number of allylic oxidation sites excluding steroid dienone is 2.